The van der Waals surface area contributed by atoms with Gasteiger partial charge in [0.25, 0.3) is 0 Å². The molecule has 90 valence electrons. The second-order valence-electron chi connectivity index (χ2n) is 3.86. The average Bonchev–Trinajstić information content (AvgIpc) is 2.26. The Morgan fingerprint density at radius 2 is 1.88 bits per heavy atom. The molecule has 0 heterocycles. The van der Waals surface area contributed by atoms with E-state index in [1.54, 1.807) is 18.2 Å². The van der Waals surface area contributed by atoms with Crippen LogP contribution in [0.2, 0.25) is 0 Å². The summed E-state index contributed by atoms with van der Waals surface area (Å²) in [6.07, 6.45) is -0.393. The maximum absolute atomic E-state index is 13.5. The van der Waals surface area contributed by atoms with E-state index in [9.17, 15) is 9.50 Å². The van der Waals surface area contributed by atoms with E-state index in [0.29, 0.717) is 0 Å². The van der Waals surface area contributed by atoms with Crippen molar-refractivity contribution in [3.63, 3.8) is 0 Å². The Balaban J connectivity index is 2.89. The summed E-state index contributed by atoms with van der Waals surface area (Å²) in [5.41, 5.74) is -1.07. The second-order valence-corrected chi connectivity index (χ2v) is 3.86. The van der Waals surface area contributed by atoms with Gasteiger partial charge in [0.1, 0.15) is 5.82 Å². The van der Waals surface area contributed by atoms with Gasteiger partial charge in [-0.2, -0.15) is 0 Å². The molecule has 0 bridgehead atoms. The lowest BCUT2D eigenvalue weighted by molar-refractivity contribution is -0.142. The summed E-state index contributed by atoms with van der Waals surface area (Å²) < 4.78 is 23.5. The van der Waals surface area contributed by atoms with Gasteiger partial charge in [-0.05, 0) is 13.0 Å². The van der Waals surface area contributed by atoms with Crippen molar-refractivity contribution in [3.05, 3.63) is 35.6 Å². The van der Waals surface area contributed by atoms with Crippen molar-refractivity contribution in [3.8, 4) is 0 Å². The molecule has 1 aromatic rings. The fourth-order valence-corrected chi connectivity index (χ4v) is 1.60. The highest BCUT2D eigenvalue weighted by atomic mass is 19.1. The van der Waals surface area contributed by atoms with E-state index in [0.717, 1.165) is 0 Å². The predicted molar refractivity (Wildman–Crippen MR) is 58.4 cm³/mol. The molecule has 0 fully saturated rings. The van der Waals surface area contributed by atoms with Crippen LogP contribution in [0.3, 0.4) is 0 Å². The molecule has 4 heteroatoms. The van der Waals surface area contributed by atoms with E-state index < -0.39 is 17.7 Å². The van der Waals surface area contributed by atoms with Crippen LogP contribution in [0.15, 0.2) is 24.3 Å². The van der Waals surface area contributed by atoms with Crippen molar-refractivity contribution in [2.75, 3.05) is 14.2 Å². The first-order valence-corrected chi connectivity index (χ1v) is 5.04. The van der Waals surface area contributed by atoms with Gasteiger partial charge in [0.2, 0.25) is 0 Å². The molecule has 3 nitrogen and oxygen atoms in total. The highest BCUT2D eigenvalue weighted by Gasteiger charge is 2.30. The van der Waals surface area contributed by atoms with Crippen molar-refractivity contribution >= 4 is 0 Å². The Kier molecular flexibility index (Phi) is 4.41. The standard InChI is InChI=1S/C12H17FO3/c1-12(14,8-11(15-2)16-3)9-6-4-5-7-10(9)13/h4-7,11,14H,8H2,1-3H3. The topological polar surface area (TPSA) is 38.7 Å². The van der Waals surface area contributed by atoms with Crippen molar-refractivity contribution in [2.45, 2.75) is 25.2 Å². The van der Waals surface area contributed by atoms with Crippen LogP contribution < -0.4 is 0 Å². The van der Waals surface area contributed by atoms with Gasteiger partial charge >= 0.3 is 0 Å². The van der Waals surface area contributed by atoms with Gasteiger partial charge in [-0.15, -0.1) is 0 Å². The van der Waals surface area contributed by atoms with E-state index in [1.165, 1.54) is 27.2 Å². The second kappa shape index (κ2) is 5.39. The molecule has 1 rings (SSSR count). The monoisotopic (exact) mass is 228 g/mol. The number of benzene rings is 1. The summed E-state index contributed by atoms with van der Waals surface area (Å²) in [5, 5.41) is 10.2. The van der Waals surface area contributed by atoms with Crippen molar-refractivity contribution < 1.29 is 19.0 Å². The van der Waals surface area contributed by atoms with Crippen LogP contribution >= 0.6 is 0 Å². The van der Waals surface area contributed by atoms with Gasteiger partial charge in [0.05, 0.1) is 5.60 Å². The number of rotatable bonds is 5. The first kappa shape index (κ1) is 13.1. The quantitative estimate of drug-likeness (QED) is 0.784. The Hall–Kier alpha value is -0.970. The van der Waals surface area contributed by atoms with Crippen LogP contribution in [0.5, 0.6) is 0 Å². The van der Waals surface area contributed by atoms with Crippen LogP contribution in [0.1, 0.15) is 18.9 Å². The van der Waals surface area contributed by atoms with Crippen molar-refractivity contribution in [1.82, 2.24) is 0 Å². The Bertz CT molecular complexity index is 335. The first-order chi connectivity index (χ1) is 7.51. The van der Waals surface area contributed by atoms with Crippen LogP contribution in [0.4, 0.5) is 4.39 Å². The van der Waals surface area contributed by atoms with Crippen molar-refractivity contribution in [1.29, 1.82) is 0 Å². The number of halogens is 1. The van der Waals surface area contributed by atoms with Crippen LogP contribution in [0, 0.1) is 5.82 Å². The number of hydrogen-bond acceptors (Lipinski definition) is 3. The third-order valence-corrected chi connectivity index (χ3v) is 2.54. The predicted octanol–water partition coefficient (Wildman–Crippen LogP) is 2.04. The highest BCUT2D eigenvalue weighted by molar-refractivity contribution is 5.23. The number of methoxy groups -OCH3 is 2. The zero-order valence-electron chi connectivity index (χ0n) is 9.74. The molecule has 0 saturated heterocycles. The summed E-state index contributed by atoms with van der Waals surface area (Å²) in [5.74, 6) is -0.432. The number of ether oxygens (including phenoxy) is 2. The summed E-state index contributed by atoms with van der Waals surface area (Å²) in [6, 6.07) is 6.14. The molecule has 1 aromatic carbocycles. The summed E-state index contributed by atoms with van der Waals surface area (Å²) >= 11 is 0. The molecule has 0 spiro atoms. The van der Waals surface area contributed by atoms with Crippen LogP contribution in [-0.2, 0) is 15.1 Å². The zero-order valence-corrected chi connectivity index (χ0v) is 9.74. The average molecular weight is 228 g/mol. The molecular formula is C12H17FO3. The molecule has 1 atom stereocenters. The largest absolute Gasteiger partial charge is 0.385 e. The van der Waals surface area contributed by atoms with Gasteiger partial charge in [-0.25, -0.2) is 4.39 Å². The van der Waals surface area contributed by atoms with Crippen LogP contribution in [0.25, 0.3) is 0 Å². The smallest absolute Gasteiger partial charge is 0.159 e. The number of aliphatic hydroxyl groups is 1. The molecule has 1 unspecified atom stereocenters. The van der Waals surface area contributed by atoms with E-state index >= 15 is 0 Å². The Morgan fingerprint density at radius 1 is 1.31 bits per heavy atom. The van der Waals surface area contributed by atoms with Gasteiger partial charge < -0.3 is 14.6 Å². The summed E-state index contributed by atoms with van der Waals surface area (Å²) in [6.45, 7) is 1.54. The molecule has 0 aliphatic heterocycles. The van der Waals surface area contributed by atoms with E-state index in [1.807, 2.05) is 0 Å². The van der Waals surface area contributed by atoms with E-state index in [-0.39, 0.29) is 12.0 Å². The molecule has 0 aliphatic rings. The molecule has 0 aromatic heterocycles. The highest BCUT2D eigenvalue weighted by Crippen LogP contribution is 2.28. The van der Waals surface area contributed by atoms with Gasteiger partial charge in [-0.1, -0.05) is 18.2 Å². The molecule has 0 saturated carbocycles. The minimum Gasteiger partial charge on any atom is -0.385 e. The van der Waals surface area contributed by atoms with Gasteiger partial charge in [-0.3, -0.25) is 0 Å². The summed E-state index contributed by atoms with van der Waals surface area (Å²) in [7, 11) is 2.96. The third kappa shape index (κ3) is 3.01. The lowest BCUT2D eigenvalue weighted by atomic mass is 9.92. The lowest BCUT2D eigenvalue weighted by Gasteiger charge is -2.27. The van der Waals surface area contributed by atoms with Crippen molar-refractivity contribution in [2.24, 2.45) is 0 Å². The maximum Gasteiger partial charge on any atom is 0.159 e. The third-order valence-electron chi connectivity index (χ3n) is 2.54. The molecule has 0 aliphatic carbocycles. The molecule has 0 radical (unpaired) electrons. The zero-order chi connectivity index (χ0) is 12.2. The molecule has 0 amide bonds. The van der Waals surface area contributed by atoms with E-state index in [2.05, 4.69) is 0 Å². The molecule has 16 heavy (non-hydrogen) atoms. The number of hydrogen-bond donors (Lipinski definition) is 1. The first-order valence-electron chi connectivity index (χ1n) is 5.04. The fourth-order valence-electron chi connectivity index (χ4n) is 1.60. The minimum absolute atomic E-state index is 0.168. The van der Waals surface area contributed by atoms with Gasteiger partial charge in [0.15, 0.2) is 6.29 Å². The SMILES string of the molecule is COC(CC(C)(O)c1ccccc1F)OC. The Labute approximate surface area is 94.8 Å². The normalized spacial score (nSPS) is 15.1. The lowest BCUT2D eigenvalue weighted by Crippen LogP contribution is -2.30. The van der Waals surface area contributed by atoms with Gasteiger partial charge in [0, 0.05) is 26.2 Å². The Morgan fingerprint density at radius 3 is 2.38 bits per heavy atom. The fraction of sp³-hybridized carbons (Fsp3) is 0.500. The maximum atomic E-state index is 13.5. The minimum atomic E-state index is -1.32. The summed E-state index contributed by atoms with van der Waals surface area (Å²) in [4.78, 5) is 0. The molecule has 1 N–H and O–H groups in total. The van der Waals surface area contributed by atoms with Crippen LogP contribution in [-0.4, -0.2) is 25.6 Å². The molecular weight excluding hydrogens is 211 g/mol. The van der Waals surface area contributed by atoms with E-state index in [4.69, 9.17) is 9.47 Å².